The number of ether oxygens (including phenoxy) is 2. The van der Waals surface area contributed by atoms with E-state index >= 15 is 0 Å². The summed E-state index contributed by atoms with van der Waals surface area (Å²) >= 11 is 13.5. The molecule has 0 aliphatic carbocycles. The fourth-order valence-electron chi connectivity index (χ4n) is 3.65. The van der Waals surface area contributed by atoms with Crippen molar-refractivity contribution in [3.63, 3.8) is 0 Å². The van der Waals surface area contributed by atoms with Gasteiger partial charge in [-0.2, -0.15) is 0 Å². The van der Waals surface area contributed by atoms with E-state index in [2.05, 4.69) is 16.9 Å². The van der Waals surface area contributed by atoms with E-state index in [1.807, 2.05) is 62.4 Å². The molecule has 5 nitrogen and oxygen atoms in total. The third-order valence-electron chi connectivity index (χ3n) is 5.40. The van der Waals surface area contributed by atoms with Crippen molar-refractivity contribution >= 4 is 57.8 Å². The first-order valence-corrected chi connectivity index (χ1v) is 13.3. The summed E-state index contributed by atoms with van der Waals surface area (Å²) in [6.07, 6.45) is 4.19. The first-order valence-electron chi connectivity index (χ1n) is 11.7. The second-order valence-corrected chi connectivity index (χ2v) is 10.1. The Hall–Kier alpha value is -3.19. The Labute approximate surface area is 231 Å². The molecule has 1 saturated heterocycles. The Morgan fingerprint density at radius 3 is 2.54 bits per heavy atom. The van der Waals surface area contributed by atoms with Crippen molar-refractivity contribution in [2.24, 2.45) is 4.99 Å². The Morgan fingerprint density at radius 2 is 1.84 bits per heavy atom. The van der Waals surface area contributed by atoms with Gasteiger partial charge >= 0.3 is 0 Å². The van der Waals surface area contributed by atoms with Crippen LogP contribution >= 0.6 is 35.0 Å². The first kappa shape index (κ1) is 26.9. The van der Waals surface area contributed by atoms with Gasteiger partial charge in [0.05, 0.1) is 27.2 Å². The minimum absolute atomic E-state index is 0.195. The van der Waals surface area contributed by atoms with Crippen LogP contribution in [-0.4, -0.2) is 17.7 Å². The molecule has 1 amide bonds. The summed E-state index contributed by atoms with van der Waals surface area (Å²) in [4.78, 5) is 17.7. The summed E-state index contributed by atoms with van der Waals surface area (Å²) in [6.45, 7) is 8.56. The number of nitrogens with zero attached hydrogens (tertiary/aromatic N) is 1. The van der Waals surface area contributed by atoms with Gasteiger partial charge in [-0.15, -0.1) is 6.58 Å². The zero-order chi connectivity index (χ0) is 26.4. The smallest absolute Gasteiger partial charge is 0.264 e. The number of nitrogens with one attached hydrogen (secondary N) is 1. The summed E-state index contributed by atoms with van der Waals surface area (Å²) in [7, 11) is 0. The average molecular weight is 554 g/mol. The van der Waals surface area contributed by atoms with E-state index in [0.717, 1.165) is 27.9 Å². The van der Waals surface area contributed by atoms with Gasteiger partial charge in [-0.25, -0.2) is 4.99 Å². The monoisotopic (exact) mass is 552 g/mol. The van der Waals surface area contributed by atoms with Gasteiger partial charge in [0.1, 0.15) is 6.61 Å². The van der Waals surface area contributed by atoms with Crippen LogP contribution in [-0.2, 0) is 17.8 Å². The topological polar surface area (TPSA) is 59.9 Å². The third-order valence-corrected chi connectivity index (χ3v) is 7.05. The molecule has 190 valence electrons. The molecule has 1 N–H and O–H groups in total. The highest BCUT2D eigenvalue weighted by atomic mass is 35.5. The van der Waals surface area contributed by atoms with Crippen molar-refractivity contribution in [3.05, 3.63) is 104 Å². The van der Waals surface area contributed by atoms with Crippen LogP contribution in [0.5, 0.6) is 11.5 Å². The van der Waals surface area contributed by atoms with Crippen LogP contribution in [0.1, 0.15) is 29.2 Å². The number of carbonyl (C=O) groups is 1. The molecule has 3 aromatic carbocycles. The zero-order valence-corrected chi connectivity index (χ0v) is 22.8. The SMILES string of the molecule is C=CCc1cc(/C=C2/SC(=Nc3ccc(C)cc3)NC2=O)cc(OCC)c1OCc1ccc(Cl)c(Cl)c1. The normalized spacial score (nSPS) is 15.2. The molecule has 0 saturated carbocycles. The fourth-order valence-corrected chi connectivity index (χ4v) is 4.82. The molecule has 1 heterocycles. The number of amidine groups is 1. The molecule has 4 rings (SSSR count). The maximum absolute atomic E-state index is 12.7. The molecule has 1 aliphatic heterocycles. The number of halogens is 2. The van der Waals surface area contributed by atoms with Gasteiger partial charge in [0.25, 0.3) is 5.91 Å². The summed E-state index contributed by atoms with van der Waals surface area (Å²) in [6, 6.07) is 17.0. The predicted octanol–water partition coefficient (Wildman–Crippen LogP) is 7.90. The number of thioether (sulfide) groups is 1. The minimum atomic E-state index is -0.195. The van der Waals surface area contributed by atoms with Gasteiger partial charge in [-0.3, -0.25) is 4.79 Å². The van der Waals surface area contributed by atoms with Crippen LogP contribution in [0.4, 0.5) is 5.69 Å². The van der Waals surface area contributed by atoms with E-state index in [4.69, 9.17) is 32.7 Å². The van der Waals surface area contributed by atoms with Crippen molar-refractivity contribution in [2.45, 2.75) is 26.9 Å². The number of aliphatic imine (C=N–C) groups is 1. The number of hydrogen-bond acceptors (Lipinski definition) is 5. The summed E-state index contributed by atoms with van der Waals surface area (Å²) < 4.78 is 12.1. The number of carbonyl (C=O) groups excluding carboxylic acids is 1. The van der Waals surface area contributed by atoms with E-state index in [9.17, 15) is 4.79 Å². The molecule has 37 heavy (non-hydrogen) atoms. The van der Waals surface area contributed by atoms with E-state index < -0.39 is 0 Å². The molecular weight excluding hydrogens is 527 g/mol. The van der Waals surface area contributed by atoms with E-state index in [1.54, 1.807) is 18.2 Å². The van der Waals surface area contributed by atoms with Gasteiger partial charge in [-0.05, 0) is 85.6 Å². The maximum Gasteiger partial charge on any atom is 0.264 e. The molecule has 1 fully saturated rings. The Balaban J connectivity index is 1.61. The molecular formula is C29H26Cl2N2O3S. The van der Waals surface area contributed by atoms with Crippen molar-refractivity contribution in [1.29, 1.82) is 0 Å². The van der Waals surface area contributed by atoms with Gasteiger partial charge < -0.3 is 14.8 Å². The highest BCUT2D eigenvalue weighted by Crippen LogP contribution is 2.37. The Morgan fingerprint density at radius 1 is 1.05 bits per heavy atom. The van der Waals surface area contributed by atoms with Crippen LogP contribution in [0.2, 0.25) is 10.0 Å². The van der Waals surface area contributed by atoms with E-state index in [-0.39, 0.29) is 5.91 Å². The molecule has 0 aromatic heterocycles. The zero-order valence-electron chi connectivity index (χ0n) is 20.5. The van der Waals surface area contributed by atoms with E-state index in [1.165, 1.54) is 11.8 Å². The van der Waals surface area contributed by atoms with Crippen LogP contribution in [0.3, 0.4) is 0 Å². The van der Waals surface area contributed by atoms with Crippen LogP contribution < -0.4 is 14.8 Å². The lowest BCUT2D eigenvalue weighted by Gasteiger charge is -2.17. The predicted molar refractivity (Wildman–Crippen MR) is 154 cm³/mol. The highest BCUT2D eigenvalue weighted by Gasteiger charge is 2.24. The minimum Gasteiger partial charge on any atom is -0.490 e. The second kappa shape index (κ2) is 12.4. The average Bonchev–Trinajstić information content (AvgIpc) is 3.20. The lowest BCUT2D eigenvalue weighted by atomic mass is 10.0. The van der Waals surface area contributed by atoms with Gasteiger partial charge in [0, 0.05) is 5.56 Å². The fraction of sp³-hybridized carbons (Fsp3) is 0.172. The maximum atomic E-state index is 12.7. The summed E-state index contributed by atoms with van der Waals surface area (Å²) in [5.41, 5.74) is 4.52. The highest BCUT2D eigenvalue weighted by molar-refractivity contribution is 8.18. The third kappa shape index (κ3) is 6.98. The Bertz CT molecular complexity index is 1380. The van der Waals surface area contributed by atoms with Gasteiger partial charge in [0.2, 0.25) is 0 Å². The lowest BCUT2D eigenvalue weighted by Crippen LogP contribution is -2.19. The number of hydrogen-bond donors (Lipinski definition) is 1. The lowest BCUT2D eigenvalue weighted by molar-refractivity contribution is -0.115. The van der Waals surface area contributed by atoms with Crippen molar-refractivity contribution in [2.75, 3.05) is 6.61 Å². The number of benzene rings is 3. The molecule has 0 unspecified atom stereocenters. The molecule has 3 aromatic rings. The number of amides is 1. The largest absolute Gasteiger partial charge is 0.490 e. The molecule has 1 aliphatic rings. The summed E-state index contributed by atoms with van der Waals surface area (Å²) in [5.74, 6) is 1.02. The van der Waals surface area contributed by atoms with E-state index in [0.29, 0.717) is 51.3 Å². The van der Waals surface area contributed by atoms with Crippen molar-refractivity contribution < 1.29 is 14.3 Å². The number of rotatable bonds is 9. The second-order valence-electron chi connectivity index (χ2n) is 8.29. The Kier molecular flexibility index (Phi) is 8.98. The van der Waals surface area contributed by atoms with Crippen LogP contribution in [0, 0.1) is 6.92 Å². The van der Waals surface area contributed by atoms with Gasteiger partial charge in [0.15, 0.2) is 16.7 Å². The quantitative estimate of drug-likeness (QED) is 0.216. The molecule has 0 bridgehead atoms. The van der Waals surface area contributed by atoms with Crippen LogP contribution in [0.25, 0.3) is 6.08 Å². The first-order chi connectivity index (χ1) is 17.9. The van der Waals surface area contributed by atoms with Crippen molar-refractivity contribution in [3.8, 4) is 11.5 Å². The standard InChI is InChI=1S/C29H26Cl2N2O3S/c1-4-6-21-13-20(16-26-28(34)33-29(37-26)32-22-10-7-18(3)8-11-22)15-25(35-5-2)27(21)36-17-19-9-12-23(30)24(31)14-19/h4,7-16H,1,5-6,17H2,2-3H3,(H,32,33,34)/b26-16+. The number of allylic oxidation sites excluding steroid dienone is 1. The molecule has 0 spiro atoms. The molecule has 8 heteroatoms. The van der Waals surface area contributed by atoms with Crippen molar-refractivity contribution in [1.82, 2.24) is 5.32 Å². The molecule has 0 atom stereocenters. The molecule has 0 radical (unpaired) electrons. The summed E-state index contributed by atoms with van der Waals surface area (Å²) in [5, 5.41) is 4.34. The number of aryl methyl sites for hydroxylation is 1. The van der Waals surface area contributed by atoms with Gasteiger partial charge in [-0.1, -0.05) is 53.0 Å². The van der Waals surface area contributed by atoms with Crippen LogP contribution in [0.15, 0.2) is 77.1 Å².